The van der Waals surface area contributed by atoms with Gasteiger partial charge >= 0.3 is 0 Å². The van der Waals surface area contributed by atoms with Gasteiger partial charge in [0.05, 0.1) is 6.10 Å². The molecule has 90 valence electrons. The summed E-state index contributed by atoms with van der Waals surface area (Å²) in [6.45, 7) is 7.25. The first-order chi connectivity index (χ1) is 7.63. The molecule has 2 nitrogen and oxygen atoms in total. The fourth-order valence-corrected chi connectivity index (χ4v) is 1.57. The molecule has 1 rings (SSSR count). The Kier molecular flexibility index (Phi) is 5.50. The summed E-state index contributed by atoms with van der Waals surface area (Å²) < 4.78 is 0. The van der Waals surface area contributed by atoms with Crippen molar-refractivity contribution in [2.45, 2.75) is 45.8 Å². The van der Waals surface area contributed by atoms with Crippen molar-refractivity contribution < 1.29 is 5.11 Å². The molecular weight excluding hydrogens is 198 g/mol. The lowest BCUT2D eigenvalue weighted by atomic mass is 10.0. The van der Waals surface area contributed by atoms with Crippen LogP contribution in [0.25, 0.3) is 0 Å². The molecule has 0 aliphatic carbocycles. The molecule has 0 bridgehead atoms. The summed E-state index contributed by atoms with van der Waals surface area (Å²) in [5, 5.41) is 13.3. The van der Waals surface area contributed by atoms with Crippen LogP contribution >= 0.6 is 0 Å². The van der Waals surface area contributed by atoms with Crippen LogP contribution in [0.2, 0.25) is 0 Å². The van der Waals surface area contributed by atoms with Crippen molar-refractivity contribution in [3.63, 3.8) is 0 Å². The van der Waals surface area contributed by atoms with Gasteiger partial charge in [-0.05, 0) is 38.8 Å². The minimum Gasteiger partial charge on any atom is -0.388 e. The molecule has 0 aromatic heterocycles. The van der Waals surface area contributed by atoms with E-state index in [0.717, 1.165) is 24.9 Å². The van der Waals surface area contributed by atoms with E-state index >= 15 is 0 Å². The van der Waals surface area contributed by atoms with Gasteiger partial charge in [0.15, 0.2) is 0 Å². The smallest absolute Gasteiger partial charge is 0.0802 e. The SMILES string of the molecule is CCC(C)NCCC(O)c1ccc(C)cc1. The molecule has 2 unspecified atom stereocenters. The summed E-state index contributed by atoms with van der Waals surface area (Å²) in [4.78, 5) is 0. The molecule has 16 heavy (non-hydrogen) atoms. The van der Waals surface area contributed by atoms with E-state index in [4.69, 9.17) is 0 Å². The Labute approximate surface area is 98.7 Å². The molecule has 0 radical (unpaired) electrons. The summed E-state index contributed by atoms with van der Waals surface area (Å²) in [7, 11) is 0. The Hall–Kier alpha value is -0.860. The lowest BCUT2D eigenvalue weighted by Gasteiger charge is -2.14. The maximum Gasteiger partial charge on any atom is 0.0802 e. The zero-order valence-corrected chi connectivity index (χ0v) is 10.5. The summed E-state index contributed by atoms with van der Waals surface area (Å²) in [5.41, 5.74) is 2.24. The van der Waals surface area contributed by atoms with Crippen molar-refractivity contribution in [3.8, 4) is 0 Å². The Morgan fingerprint density at radius 3 is 2.44 bits per heavy atom. The number of nitrogens with one attached hydrogen (secondary N) is 1. The predicted octanol–water partition coefficient (Wildman–Crippen LogP) is 2.81. The Bertz CT molecular complexity index is 294. The van der Waals surface area contributed by atoms with Crippen LogP contribution in [-0.4, -0.2) is 17.7 Å². The van der Waals surface area contributed by atoms with Gasteiger partial charge in [-0.3, -0.25) is 0 Å². The zero-order valence-electron chi connectivity index (χ0n) is 10.5. The normalized spacial score (nSPS) is 14.8. The van der Waals surface area contributed by atoms with Crippen LogP contribution in [0.5, 0.6) is 0 Å². The lowest BCUT2D eigenvalue weighted by Crippen LogP contribution is -2.27. The van der Waals surface area contributed by atoms with E-state index in [1.807, 2.05) is 24.3 Å². The fourth-order valence-electron chi connectivity index (χ4n) is 1.57. The number of aliphatic hydroxyl groups excluding tert-OH is 1. The van der Waals surface area contributed by atoms with Crippen LogP contribution in [-0.2, 0) is 0 Å². The third kappa shape index (κ3) is 4.33. The predicted molar refractivity (Wildman–Crippen MR) is 68.5 cm³/mol. The first-order valence-electron chi connectivity index (χ1n) is 6.11. The maximum atomic E-state index is 9.96. The van der Waals surface area contributed by atoms with Gasteiger partial charge in [-0.1, -0.05) is 36.8 Å². The van der Waals surface area contributed by atoms with Crippen LogP contribution in [0, 0.1) is 6.92 Å². The van der Waals surface area contributed by atoms with E-state index in [1.54, 1.807) is 0 Å². The summed E-state index contributed by atoms with van der Waals surface area (Å²) in [6.07, 6.45) is 1.55. The van der Waals surface area contributed by atoms with E-state index in [2.05, 4.69) is 26.1 Å². The highest BCUT2D eigenvalue weighted by atomic mass is 16.3. The minimum atomic E-state index is -0.350. The first kappa shape index (κ1) is 13.2. The highest BCUT2D eigenvalue weighted by molar-refractivity contribution is 5.22. The largest absolute Gasteiger partial charge is 0.388 e. The van der Waals surface area contributed by atoms with Crippen molar-refractivity contribution in [1.29, 1.82) is 0 Å². The van der Waals surface area contributed by atoms with E-state index in [-0.39, 0.29) is 6.10 Å². The van der Waals surface area contributed by atoms with Crippen molar-refractivity contribution in [2.75, 3.05) is 6.54 Å². The van der Waals surface area contributed by atoms with Crippen molar-refractivity contribution in [2.24, 2.45) is 0 Å². The molecule has 0 amide bonds. The van der Waals surface area contributed by atoms with Gasteiger partial charge in [-0.2, -0.15) is 0 Å². The quantitative estimate of drug-likeness (QED) is 0.774. The second-order valence-corrected chi connectivity index (χ2v) is 4.48. The highest BCUT2D eigenvalue weighted by Crippen LogP contribution is 2.16. The van der Waals surface area contributed by atoms with E-state index in [9.17, 15) is 5.11 Å². The van der Waals surface area contributed by atoms with E-state index < -0.39 is 0 Å². The van der Waals surface area contributed by atoms with Crippen molar-refractivity contribution in [1.82, 2.24) is 5.32 Å². The minimum absolute atomic E-state index is 0.350. The second kappa shape index (κ2) is 6.66. The number of hydrogen-bond donors (Lipinski definition) is 2. The highest BCUT2D eigenvalue weighted by Gasteiger charge is 2.07. The van der Waals surface area contributed by atoms with Crippen LogP contribution in [0.3, 0.4) is 0 Å². The Balaban J connectivity index is 2.35. The molecule has 0 aliphatic heterocycles. The second-order valence-electron chi connectivity index (χ2n) is 4.48. The number of aryl methyl sites for hydroxylation is 1. The molecule has 0 aliphatic rings. The molecule has 2 N–H and O–H groups in total. The molecule has 0 spiro atoms. The average Bonchev–Trinajstić information content (AvgIpc) is 2.29. The van der Waals surface area contributed by atoms with Crippen LogP contribution in [0.1, 0.15) is 43.9 Å². The fraction of sp³-hybridized carbons (Fsp3) is 0.571. The molecule has 2 heteroatoms. The average molecular weight is 221 g/mol. The molecule has 0 saturated heterocycles. The van der Waals surface area contributed by atoms with Gasteiger partial charge in [0.1, 0.15) is 0 Å². The molecule has 1 aromatic rings. The van der Waals surface area contributed by atoms with Gasteiger partial charge in [-0.15, -0.1) is 0 Å². The Morgan fingerprint density at radius 2 is 1.88 bits per heavy atom. The molecule has 0 saturated carbocycles. The number of aliphatic hydroxyl groups is 1. The molecule has 1 aromatic carbocycles. The summed E-state index contributed by atoms with van der Waals surface area (Å²) >= 11 is 0. The molecule has 0 heterocycles. The third-order valence-corrected chi connectivity index (χ3v) is 2.99. The van der Waals surface area contributed by atoms with Crippen molar-refractivity contribution in [3.05, 3.63) is 35.4 Å². The van der Waals surface area contributed by atoms with Crippen LogP contribution in [0.4, 0.5) is 0 Å². The van der Waals surface area contributed by atoms with E-state index in [1.165, 1.54) is 5.56 Å². The molecular formula is C14H23NO. The van der Waals surface area contributed by atoms with Gasteiger partial charge in [-0.25, -0.2) is 0 Å². The van der Waals surface area contributed by atoms with Gasteiger partial charge in [0, 0.05) is 6.04 Å². The number of hydrogen-bond acceptors (Lipinski definition) is 2. The first-order valence-corrected chi connectivity index (χ1v) is 6.11. The van der Waals surface area contributed by atoms with Gasteiger partial charge in [0.2, 0.25) is 0 Å². The monoisotopic (exact) mass is 221 g/mol. The Morgan fingerprint density at radius 1 is 1.25 bits per heavy atom. The number of rotatable bonds is 6. The standard InChI is InChI=1S/C14H23NO/c1-4-12(3)15-10-9-14(16)13-7-5-11(2)6-8-13/h5-8,12,14-16H,4,9-10H2,1-3H3. The number of benzene rings is 1. The van der Waals surface area contributed by atoms with E-state index in [0.29, 0.717) is 6.04 Å². The van der Waals surface area contributed by atoms with Crippen molar-refractivity contribution >= 4 is 0 Å². The summed E-state index contributed by atoms with van der Waals surface area (Å²) in [5.74, 6) is 0. The third-order valence-electron chi connectivity index (χ3n) is 2.99. The van der Waals surface area contributed by atoms with Crippen LogP contribution in [0.15, 0.2) is 24.3 Å². The topological polar surface area (TPSA) is 32.3 Å². The zero-order chi connectivity index (χ0) is 12.0. The van der Waals surface area contributed by atoms with Crippen LogP contribution < -0.4 is 5.32 Å². The van der Waals surface area contributed by atoms with Gasteiger partial charge in [0.25, 0.3) is 0 Å². The molecule has 2 atom stereocenters. The molecule has 0 fully saturated rings. The summed E-state index contributed by atoms with van der Waals surface area (Å²) in [6, 6.07) is 8.62. The van der Waals surface area contributed by atoms with Gasteiger partial charge < -0.3 is 10.4 Å². The maximum absolute atomic E-state index is 9.96. The lowest BCUT2D eigenvalue weighted by molar-refractivity contribution is 0.165.